The van der Waals surface area contributed by atoms with Crippen molar-refractivity contribution in [3.05, 3.63) is 11.6 Å². The van der Waals surface area contributed by atoms with Crippen LogP contribution in [0.5, 0.6) is 0 Å². The topological polar surface area (TPSA) is 94.4 Å². The van der Waals surface area contributed by atoms with E-state index in [1.807, 2.05) is 0 Å². The third-order valence-corrected chi connectivity index (χ3v) is 2.11. The zero-order valence-electron chi connectivity index (χ0n) is 11.7. The van der Waals surface area contributed by atoms with Crippen molar-refractivity contribution >= 4 is 18.2 Å². The fourth-order valence-electron chi connectivity index (χ4n) is 1.08. The molecule has 7 nitrogen and oxygen atoms in total. The van der Waals surface area contributed by atoms with Crippen LogP contribution in [0.1, 0.15) is 13.8 Å². The molecule has 0 aliphatic rings. The molecule has 108 valence electrons. The van der Waals surface area contributed by atoms with Crippen LogP contribution in [0.2, 0.25) is 0 Å². The summed E-state index contributed by atoms with van der Waals surface area (Å²) in [5, 5.41) is 10.2. The zero-order valence-corrected chi connectivity index (χ0v) is 11.7. The number of methoxy groups -OCH3 is 3. The number of hydrogen-bond donors (Lipinski definition) is 1. The molecule has 0 saturated carbocycles. The lowest BCUT2D eigenvalue weighted by Gasteiger charge is -2.23. The standard InChI is InChI=1S/C12H19NO6/c1-8(2)13-7-12(16,19-5)9(11(15)18-4)6-10(14)17-3/h6-8,16H,1-5H3/b9-6+,13-7?. The van der Waals surface area contributed by atoms with E-state index in [-0.39, 0.29) is 6.04 Å². The number of aliphatic imine (C=N–C) groups is 1. The van der Waals surface area contributed by atoms with E-state index in [1.165, 1.54) is 7.11 Å². The number of carbonyl (C=O) groups is 2. The van der Waals surface area contributed by atoms with Gasteiger partial charge >= 0.3 is 11.9 Å². The number of nitrogens with zero attached hydrogens (tertiary/aromatic N) is 1. The van der Waals surface area contributed by atoms with Gasteiger partial charge in [-0.15, -0.1) is 0 Å². The molecule has 0 amide bonds. The minimum Gasteiger partial charge on any atom is -0.466 e. The normalized spacial score (nSPS) is 15.4. The van der Waals surface area contributed by atoms with Gasteiger partial charge in [0.25, 0.3) is 0 Å². The number of aliphatic hydroxyl groups is 1. The predicted octanol–water partition coefficient (Wildman–Crippen LogP) is 0.0730. The van der Waals surface area contributed by atoms with Gasteiger partial charge in [0, 0.05) is 19.2 Å². The average Bonchev–Trinajstić information content (AvgIpc) is 2.40. The maximum absolute atomic E-state index is 11.6. The molecule has 0 rings (SSSR count). The summed E-state index contributed by atoms with van der Waals surface area (Å²) in [6.07, 6.45) is 1.82. The Hall–Kier alpha value is -1.73. The van der Waals surface area contributed by atoms with Crippen molar-refractivity contribution in [2.24, 2.45) is 4.99 Å². The molecule has 1 atom stereocenters. The van der Waals surface area contributed by atoms with E-state index in [2.05, 4.69) is 14.5 Å². The smallest absolute Gasteiger partial charge is 0.339 e. The fourth-order valence-corrected chi connectivity index (χ4v) is 1.08. The summed E-state index contributed by atoms with van der Waals surface area (Å²) in [4.78, 5) is 26.8. The Labute approximate surface area is 111 Å². The molecule has 0 aromatic rings. The molecule has 0 aliphatic heterocycles. The Morgan fingerprint density at radius 2 is 1.79 bits per heavy atom. The Morgan fingerprint density at radius 3 is 2.16 bits per heavy atom. The molecule has 1 unspecified atom stereocenters. The minimum atomic E-state index is -2.16. The lowest BCUT2D eigenvalue weighted by atomic mass is 10.1. The van der Waals surface area contributed by atoms with Gasteiger partial charge in [0.05, 0.1) is 20.4 Å². The highest BCUT2D eigenvalue weighted by atomic mass is 16.6. The summed E-state index contributed by atoms with van der Waals surface area (Å²) in [6, 6.07) is -0.126. The number of esters is 2. The summed E-state index contributed by atoms with van der Waals surface area (Å²) >= 11 is 0. The van der Waals surface area contributed by atoms with Crippen LogP contribution in [-0.4, -0.2) is 56.4 Å². The van der Waals surface area contributed by atoms with Gasteiger partial charge in [-0.2, -0.15) is 0 Å². The molecule has 0 aliphatic carbocycles. The van der Waals surface area contributed by atoms with Gasteiger partial charge in [0.15, 0.2) is 0 Å². The molecular weight excluding hydrogens is 254 g/mol. The maximum atomic E-state index is 11.6. The van der Waals surface area contributed by atoms with Gasteiger partial charge < -0.3 is 19.3 Å². The molecular formula is C12H19NO6. The number of carbonyl (C=O) groups excluding carboxylic acids is 2. The first-order chi connectivity index (χ1) is 8.80. The zero-order chi connectivity index (χ0) is 15.1. The van der Waals surface area contributed by atoms with Gasteiger partial charge in [-0.3, -0.25) is 4.99 Å². The first-order valence-electron chi connectivity index (χ1n) is 5.51. The van der Waals surface area contributed by atoms with Crippen LogP contribution >= 0.6 is 0 Å². The van der Waals surface area contributed by atoms with Gasteiger partial charge in [-0.25, -0.2) is 9.59 Å². The van der Waals surface area contributed by atoms with E-state index < -0.39 is 23.3 Å². The van der Waals surface area contributed by atoms with Crippen molar-refractivity contribution in [1.29, 1.82) is 0 Å². The van der Waals surface area contributed by atoms with Crippen LogP contribution in [-0.2, 0) is 23.8 Å². The molecule has 19 heavy (non-hydrogen) atoms. The minimum absolute atomic E-state index is 0.126. The van der Waals surface area contributed by atoms with E-state index in [4.69, 9.17) is 4.74 Å². The SMILES string of the molecule is COC(=O)/C=C(\C(=O)OC)C(O)(C=NC(C)C)OC. The van der Waals surface area contributed by atoms with Gasteiger partial charge in [-0.1, -0.05) is 0 Å². The quantitative estimate of drug-likeness (QED) is 0.318. The number of rotatable bonds is 6. The predicted molar refractivity (Wildman–Crippen MR) is 67.7 cm³/mol. The number of ether oxygens (including phenoxy) is 3. The summed E-state index contributed by atoms with van der Waals surface area (Å²) in [5.74, 6) is -3.91. The first-order valence-corrected chi connectivity index (χ1v) is 5.51. The monoisotopic (exact) mass is 273 g/mol. The molecule has 0 heterocycles. The van der Waals surface area contributed by atoms with Gasteiger partial charge in [-0.05, 0) is 13.8 Å². The van der Waals surface area contributed by atoms with Gasteiger partial charge in [0.1, 0.15) is 5.57 Å². The number of hydrogen-bond acceptors (Lipinski definition) is 7. The summed E-state index contributed by atoms with van der Waals surface area (Å²) in [5.41, 5.74) is -0.422. The molecule has 0 aromatic carbocycles. The molecule has 0 fully saturated rings. The second kappa shape index (κ2) is 7.65. The highest BCUT2D eigenvalue weighted by molar-refractivity contribution is 6.01. The van der Waals surface area contributed by atoms with E-state index in [0.29, 0.717) is 0 Å². The summed E-state index contributed by atoms with van der Waals surface area (Å²) < 4.78 is 13.8. The van der Waals surface area contributed by atoms with Crippen molar-refractivity contribution in [1.82, 2.24) is 0 Å². The van der Waals surface area contributed by atoms with E-state index in [0.717, 1.165) is 26.5 Å². The molecule has 0 radical (unpaired) electrons. The molecule has 0 saturated heterocycles. The second-order valence-electron chi connectivity index (χ2n) is 3.85. The first kappa shape index (κ1) is 17.3. The highest BCUT2D eigenvalue weighted by Gasteiger charge is 2.36. The third kappa shape index (κ3) is 5.19. The molecule has 0 bridgehead atoms. The van der Waals surface area contributed by atoms with E-state index >= 15 is 0 Å². The van der Waals surface area contributed by atoms with Crippen molar-refractivity contribution in [3.8, 4) is 0 Å². The Bertz CT molecular complexity index is 388. The largest absolute Gasteiger partial charge is 0.466 e. The van der Waals surface area contributed by atoms with Crippen molar-refractivity contribution in [2.45, 2.75) is 25.7 Å². The lowest BCUT2D eigenvalue weighted by molar-refractivity contribution is -0.148. The van der Waals surface area contributed by atoms with Crippen LogP contribution in [0.15, 0.2) is 16.6 Å². The molecule has 7 heteroatoms. The van der Waals surface area contributed by atoms with Crippen LogP contribution in [0.25, 0.3) is 0 Å². The third-order valence-electron chi connectivity index (χ3n) is 2.11. The van der Waals surface area contributed by atoms with E-state index in [1.54, 1.807) is 13.8 Å². The van der Waals surface area contributed by atoms with Crippen molar-refractivity contribution in [3.63, 3.8) is 0 Å². The average molecular weight is 273 g/mol. The Morgan fingerprint density at radius 1 is 1.21 bits per heavy atom. The van der Waals surface area contributed by atoms with Crippen LogP contribution in [0.3, 0.4) is 0 Å². The summed E-state index contributed by atoms with van der Waals surface area (Å²) in [6.45, 7) is 3.54. The second-order valence-corrected chi connectivity index (χ2v) is 3.85. The van der Waals surface area contributed by atoms with Gasteiger partial charge in [0.2, 0.25) is 5.79 Å². The molecule has 1 N–H and O–H groups in total. The van der Waals surface area contributed by atoms with E-state index in [9.17, 15) is 14.7 Å². The highest BCUT2D eigenvalue weighted by Crippen LogP contribution is 2.18. The lowest BCUT2D eigenvalue weighted by Crippen LogP contribution is -2.40. The molecule has 0 spiro atoms. The molecule has 0 aromatic heterocycles. The van der Waals surface area contributed by atoms with Crippen molar-refractivity contribution in [2.75, 3.05) is 21.3 Å². The Kier molecular flexibility index (Phi) is 6.95. The maximum Gasteiger partial charge on any atom is 0.339 e. The fraction of sp³-hybridized carbons (Fsp3) is 0.583. The summed E-state index contributed by atoms with van der Waals surface area (Å²) in [7, 11) is 3.42. The van der Waals surface area contributed by atoms with Crippen molar-refractivity contribution < 1.29 is 28.9 Å². The van der Waals surface area contributed by atoms with Crippen LogP contribution < -0.4 is 0 Å². The Balaban J connectivity index is 5.59. The van der Waals surface area contributed by atoms with Crippen LogP contribution in [0, 0.1) is 0 Å². The van der Waals surface area contributed by atoms with Crippen LogP contribution in [0.4, 0.5) is 0 Å².